The predicted octanol–water partition coefficient (Wildman–Crippen LogP) is 3.94. The Hall–Kier alpha value is -3.43. The Balaban J connectivity index is 1.50. The van der Waals surface area contributed by atoms with Gasteiger partial charge in [-0.3, -0.25) is 4.79 Å². The van der Waals surface area contributed by atoms with Crippen molar-refractivity contribution in [3.05, 3.63) is 78.0 Å². The molecule has 2 heterocycles. The Labute approximate surface area is 209 Å². The van der Waals surface area contributed by atoms with E-state index in [1.807, 2.05) is 65.3 Å². The van der Waals surface area contributed by atoms with E-state index in [1.54, 1.807) is 25.1 Å². The first-order chi connectivity index (χ1) is 17.2. The predicted molar refractivity (Wildman–Crippen MR) is 140 cm³/mol. The molecule has 2 aromatic carbocycles. The first-order valence-corrected chi connectivity index (χ1v) is 12.7. The maximum Gasteiger partial charge on any atom is 0.232 e. The van der Waals surface area contributed by atoms with E-state index < -0.39 is 0 Å². The SMILES string of the molecule is CCSc1nc(NCCOC)c2cnn(CCNC(=O)C(c3ccccc3)c3ccccc3)c2n1. The van der Waals surface area contributed by atoms with Crippen LogP contribution in [0.3, 0.4) is 0 Å². The van der Waals surface area contributed by atoms with E-state index in [0.29, 0.717) is 31.4 Å². The molecule has 1 amide bonds. The largest absolute Gasteiger partial charge is 0.383 e. The average molecular weight is 491 g/mol. The lowest BCUT2D eigenvalue weighted by Crippen LogP contribution is -2.32. The summed E-state index contributed by atoms with van der Waals surface area (Å²) in [4.78, 5) is 22.6. The Kier molecular flexibility index (Phi) is 8.69. The summed E-state index contributed by atoms with van der Waals surface area (Å²) in [5.74, 6) is 1.19. The van der Waals surface area contributed by atoms with Crippen molar-refractivity contribution in [1.29, 1.82) is 0 Å². The Morgan fingerprint density at radius 3 is 2.34 bits per heavy atom. The van der Waals surface area contributed by atoms with Crippen molar-refractivity contribution < 1.29 is 9.53 Å². The number of carbonyl (C=O) groups is 1. The smallest absolute Gasteiger partial charge is 0.232 e. The van der Waals surface area contributed by atoms with Gasteiger partial charge in [-0.15, -0.1) is 0 Å². The highest BCUT2D eigenvalue weighted by Gasteiger charge is 2.22. The molecule has 0 fully saturated rings. The summed E-state index contributed by atoms with van der Waals surface area (Å²) >= 11 is 1.58. The second-order valence-electron chi connectivity index (χ2n) is 7.86. The third kappa shape index (κ3) is 6.17. The monoisotopic (exact) mass is 490 g/mol. The summed E-state index contributed by atoms with van der Waals surface area (Å²) in [6.07, 6.45) is 1.77. The Bertz CT molecular complexity index is 1190. The third-order valence-corrected chi connectivity index (χ3v) is 6.23. The van der Waals surface area contributed by atoms with Crippen LogP contribution >= 0.6 is 11.8 Å². The quantitative estimate of drug-likeness (QED) is 0.176. The number of thioether (sulfide) groups is 1. The molecule has 2 aromatic heterocycles. The third-order valence-electron chi connectivity index (χ3n) is 5.50. The van der Waals surface area contributed by atoms with Gasteiger partial charge in [0.25, 0.3) is 0 Å². The van der Waals surface area contributed by atoms with Gasteiger partial charge in [0, 0.05) is 20.2 Å². The van der Waals surface area contributed by atoms with Gasteiger partial charge >= 0.3 is 0 Å². The molecular formula is C26H30N6O2S. The molecule has 0 bridgehead atoms. The summed E-state index contributed by atoms with van der Waals surface area (Å²) in [5.41, 5.74) is 2.66. The zero-order valence-electron chi connectivity index (χ0n) is 20.0. The molecule has 35 heavy (non-hydrogen) atoms. The lowest BCUT2D eigenvalue weighted by atomic mass is 9.90. The van der Waals surface area contributed by atoms with Crippen molar-refractivity contribution in [2.24, 2.45) is 0 Å². The van der Waals surface area contributed by atoms with Gasteiger partial charge in [-0.25, -0.2) is 14.6 Å². The number of anilines is 1. The minimum absolute atomic E-state index is 0.0439. The van der Waals surface area contributed by atoms with Gasteiger partial charge < -0.3 is 15.4 Å². The van der Waals surface area contributed by atoms with Crippen LogP contribution in [-0.2, 0) is 16.1 Å². The van der Waals surface area contributed by atoms with Gasteiger partial charge in [-0.1, -0.05) is 79.3 Å². The Morgan fingerprint density at radius 2 is 1.71 bits per heavy atom. The average Bonchev–Trinajstić information content (AvgIpc) is 3.29. The first-order valence-electron chi connectivity index (χ1n) is 11.7. The van der Waals surface area contributed by atoms with E-state index in [0.717, 1.165) is 33.7 Å². The van der Waals surface area contributed by atoms with Gasteiger partial charge in [0.1, 0.15) is 5.82 Å². The standard InChI is InChI=1S/C26H30N6O2S/c1-3-35-26-30-23(27-15-17-34-2)21-18-29-32(24(21)31-26)16-14-28-25(33)22(19-10-6-4-7-11-19)20-12-8-5-9-13-20/h4-13,18,22H,3,14-17H2,1-2H3,(H,28,33)(H,27,30,31). The van der Waals surface area contributed by atoms with E-state index in [9.17, 15) is 4.79 Å². The fourth-order valence-corrected chi connectivity index (χ4v) is 4.44. The van der Waals surface area contributed by atoms with Crippen LogP contribution in [0.2, 0.25) is 0 Å². The number of fused-ring (bicyclic) bond motifs is 1. The number of nitrogens with zero attached hydrogens (tertiary/aromatic N) is 4. The van der Waals surface area contributed by atoms with Gasteiger partial charge in [-0.2, -0.15) is 5.10 Å². The minimum Gasteiger partial charge on any atom is -0.383 e. The molecule has 0 unspecified atom stereocenters. The molecule has 0 spiro atoms. The van der Waals surface area contributed by atoms with Crippen LogP contribution in [0, 0.1) is 0 Å². The fraction of sp³-hybridized carbons (Fsp3) is 0.308. The van der Waals surface area contributed by atoms with E-state index in [1.165, 1.54) is 0 Å². The maximum atomic E-state index is 13.3. The molecule has 0 aliphatic heterocycles. The normalized spacial score (nSPS) is 11.2. The van der Waals surface area contributed by atoms with E-state index in [2.05, 4.69) is 27.6 Å². The summed E-state index contributed by atoms with van der Waals surface area (Å²) in [6.45, 7) is 4.21. The van der Waals surface area contributed by atoms with Gasteiger partial charge in [-0.05, 0) is 16.9 Å². The number of aromatic nitrogens is 4. The molecule has 0 radical (unpaired) electrons. The second-order valence-corrected chi connectivity index (χ2v) is 9.09. The number of carbonyl (C=O) groups excluding carboxylic acids is 1. The highest BCUT2D eigenvalue weighted by Crippen LogP contribution is 2.26. The number of nitrogens with one attached hydrogen (secondary N) is 2. The van der Waals surface area contributed by atoms with Crippen molar-refractivity contribution in [2.45, 2.75) is 24.5 Å². The number of hydrogen-bond donors (Lipinski definition) is 2. The number of methoxy groups -OCH3 is 1. The number of ether oxygens (including phenoxy) is 1. The van der Waals surface area contributed by atoms with E-state index in [4.69, 9.17) is 9.72 Å². The van der Waals surface area contributed by atoms with E-state index >= 15 is 0 Å². The summed E-state index contributed by atoms with van der Waals surface area (Å²) in [5, 5.41) is 12.5. The molecule has 0 atom stereocenters. The number of rotatable bonds is 12. The first kappa shape index (κ1) is 24.7. The fourth-order valence-electron chi connectivity index (χ4n) is 3.87. The molecule has 9 heteroatoms. The number of benzene rings is 2. The minimum atomic E-state index is -0.377. The van der Waals surface area contributed by atoms with Crippen LogP contribution < -0.4 is 10.6 Å². The van der Waals surface area contributed by atoms with E-state index in [-0.39, 0.29) is 11.8 Å². The topological polar surface area (TPSA) is 94.0 Å². The molecular weight excluding hydrogens is 460 g/mol. The molecule has 4 rings (SSSR count). The summed E-state index contributed by atoms with van der Waals surface area (Å²) in [7, 11) is 1.67. The maximum absolute atomic E-state index is 13.3. The van der Waals surface area contributed by atoms with Gasteiger partial charge in [0.15, 0.2) is 10.8 Å². The van der Waals surface area contributed by atoms with Crippen LogP contribution in [0.15, 0.2) is 72.0 Å². The van der Waals surface area contributed by atoms with Crippen molar-refractivity contribution in [3.8, 4) is 0 Å². The van der Waals surface area contributed by atoms with Gasteiger partial charge in [0.05, 0.1) is 30.7 Å². The van der Waals surface area contributed by atoms with Gasteiger partial charge in [0.2, 0.25) is 5.91 Å². The molecule has 0 saturated carbocycles. The summed E-state index contributed by atoms with van der Waals surface area (Å²) in [6, 6.07) is 19.7. The molecule has 0 aliphatic carbocycles. The molecule has 0 saturated heterocycles. The highest BCUT2D eigenvalue weighted by molar-refractivity contribution is 7.99. The zero-order chi connectivity index (χ0) is 24.5. The van der Waals surface area contributed by atoms with Crippen molar-refractivity contribution in [3.63, 3.8) is 0 Å². The number of hydrogen-bond acceptors (Lipinski definition) is 7. The summed E-state index contributed by atoms with van der Waals surface area (Å²) < 4.78 is 6.96. The molecule has 182 valence electrons. The van der Waals surface area contributed by atoms with Crippen molar-refractivity contribution in [2.75, 3.05) is 37.9 Å². The second kappa shape index (κ2) is 12.3. The lowest BCUT2D eigenvalue weighted by molar-refractivity contribution is -0.121. The molecule has 0 aliphatic rings. The molecule has 2 N–H and O–H groups in total. The van der Waals surface area contributed by atoms with Crippen LogP contribution in [0.4, 0.5) is 5.82 Å². The molecule has 4 aromatic rings. The Morgan fingerprint density at radius 1 is 1.03 bits per heavy atom. The highest BCUT2D eigenvalue weighted by atomic mass is 32.2. The van der Waals surface area contributed by atoms with Crippen LogP contribution in [0.25, 0.3) is 11.0 Å². The van der Waals surface area contributed by atoms with Crippen molar-refractivity contribution in [1.82, 2.24) is 25.1 Å². The number of amides is 1. The lowest BCUT2D eigenvalue weighted by Gasteiger charge is -2.18. The molecule has 8 nitrogen and oxygen atoms in total. The van der Waals surface area contributed by atoms with Crippen LogP contribution in [0.5, 0.6) is 0 Å². The zero-order valence-corrected chi connectivity index (χ0v) is 20.8. The van der Waals surface area contributed by atoms with Crippen LogP contribution in [0.1, 0.15) is 24.0 Å². The van der Waals surface area contributed by atoms with Crippen LogP contribution in [-0.4, -0.2) is 58.2 Å². The van der Waals surface area contributed by atoms with Crippen molar-refractivity contribution >= 4 is 34.5 Å².